The molecule has 0 bridgehead atoms. The van der Waals surface area contributed by atoms with Gasteiger partial charge in [0, 0.05) is 29.9 Å². The van der Waals surface area contributed by atoms with Crippen LogP contribution in [0.5, 0.6) is 0 Å². The second-order valence-corrected chi connectivity index (χ2v) is 6.50. The van der Waals surface area contributed by atoms with Crippen LogP contribution >= 0.6 is 0 Å². The van der Waals surface area contributed by atoms with Crippen LogP contribution < -0.4 is 0 Å². The smallest absolute Gasteiger partial charge is 0.309 e. The van der Waals surface area contributed by atoms with E-state index in [9.17, 15) is 9.59 Å². The molecule has 0 aliphatic heterocycles. The Labute approximate surface area is 155 Å². The molecule has 0 unspecified atom stereocenters. The average molecular weight is 358 g/mol. The van der Waals surface area contributed by atoms with Gasteiger partial charge in [-0.3, -0.25) is 9.59 Å². The molecule has 0 atom stereocenters. The van der Waals surface area contributed by atoms with Crippen LogP contribution in [0.15, 0.2) is 66.9 Å². The Balaban J connectivity index is 1.63. The van der Waals surface area contributed by atoms with E-state index in [-0.39, 0.29) is 12.2 Å². The summed E-state index contributed by atoms with van der Waals surface area (Å²) in [5, 5.41) is 11.2. The van der Waals surface area contributed by atoms with E-state index in [1.54, 1.807) is 35.9 Å². The third kappa shape index (κ3) is 3.04. The molecule has 2 N–H and O–H groups in total. The Morgan fingerprint density at radius 3 is 2.48 bits per heavy atom. The molecule has 134 valence electrons. The molecule has 0 saturated heterocycles. The van der Waals surface area contributed by atoms with Crippen molar-refractivity contribution >= 4 is 22.5 Å². The third-order valence-electron chi connectivity index (χ3n) is 4.83. The molecule has 5 heteroatoms. The zero-order valence-corrected chi connectivity index (χ0v) is 14.8. The van der Waals surface area contributed by atoms with E-state index in [1.165, 1.54) is 0 Å². The van der Waals surface area contributed by atoms with E-state index in [2.05, 4.69) is 17.1 Å². The van der Waals surface area contributed by atoms with Crippen LogP contribution in [0.3, 0.4) is 0 Å². The molecule has 0 fully saturated rings. The Morgan fingerprint density at radius 2 is 1.74 bits per heavy atom. The number of carbonyl (C=O) groups excluding carboxylic acids is 1. The van der Waals surface area contributed by atoms with E-state index in [0.29, 0.717) is 17.0 Å². The number of benzene rings is 2. The number of hydrogen-bond acceptors (Lipinski definition) is 2. The van der Waals surface area contributed by atoms with Gasteiger partial charge >= 0.3 is 5.97 Å². The summed E-state index contributed by atoms with van der Waals surface area (Å²) in [4.78, 5) is 27.0. The number of aromatic nitrogens is 2. The van der Waals surface area contributed by atoms with Gasteiger partial charge in [0.25, 0.3) is 0 Å². The first-order valence-electron chi connectivity index (χ1n) is 8.62. The predicted octanol–water partition coefficient (Wildman–Crippen LogP) is 4.03. The molecule has 5 nitrogen and oxygen atoms in total. The maximum absolute atomic E-state index is 12.8. The number of hydrogen-bond donors (Lipinski definition) is 2. The fourth-order valence-corrected chi connectivity index (χ4v) is 3.37. The Morgan fingerprint density at radius 1 is 1.00 bits per heavy atom. The molecule has 0 spiro atoms. The van der Waals surface area contributed by atoms with Crippen molar-refractivity contribution in [2.24, 2.45) is 7.05 Å². The van der Waals surface area contributed by atoms with Crippen molar-refractivity contribution in [3.8, 4) is 11.3 Å². The minimum absolute atomic E-state index is 0.109. The largest absolute Gasteiger partial charge is 0.481 e. The van der Waals surface area contributed by atoms with Gasteiger partial charge in [-0.1, -0.05) is 48.5 Å². The van der Waals surface area contributed by atoms with Gasteiger partial charge in [-0.15, -0.1) is 0 Å². The topological polar surface area (TPSA) is 75.1 Å². The van der Waals surface area contributed by atoms with Crippen LogP contribution in [0.4, 0.5) is 0 Å². The molecular weight excluding hydrogens is 340 g/mol. The van der Waals surface area contributed by atoms with Crippen molar-refractivity contribution in [1.82, 2.24) is 9.55 Å². The highest BCUT2D eigenvalue weighted by molar-refractivity contribution is 6.08. The van der Waals surface area contributed by atoms with E-state index >= 15 is 0 Å². The molecule has 2 aromatic heterocycles. The zero-order chi connectivity index (χ0) is 19.0. The maximum Gasteiger partial charge on any atom is 0.309 e. The van der Waals surface area contributed by atoms with Crippen LogP contribution in [0.25, 0.3) is 22.0 Å². The van der Waals surface area contributed by atoms with Crippen molar-refractivity contribution in [1.29, 1.82) is 0 Å². The summed E-state index contributed by atoms with van der Waals surface area (Å²) in [5.41, 5.74) is 3.67. The van der Waals surface area contributed by atoms with Gasteiger partial charge in [0.1, 0.15) is 0 Å². The van der Waals surface area contributed by atoms with E-state index in [4.69, 9.17) is 5.11 Å². The first-order chi connectivity index (χ1) is 13.0. The van der Waals surface area contributed by atoms with Gasteiger partial charge in [0.2, 0.25) is 5.78 Å². The standard InChI is InChI=1S/C22H18N2O3/c1-24-17(12-20(25)26)10-11-19(24)22(27)15-8-6-14(7-9-15)21-18-5-3-2-4-16(18)13-23-21/h2-11,13,23H,12H2,1H3,(H,25,26). The summed E-state index contributed by atoms with van der Waals surface area (Å²) in [5.74, 6) is -1.05. The molecule has 4 aromatic rings. The first kappa shape index (κ1) is 16.8. The summed E-state index contributed by atoms with van der Waals surface area (Å²) < 4.78 is 1.64. The Hall–Kier alpha value is -3.60. The predicted molar refractivity (Wildman–Crippen MR) is 104 cm³/mol. The summed E-state index contributed by atoms with van der Waals surface area (Å²) in [6.07, 6.45) is 1.86. The highest BCUT2D eigenvalue weighted by atomic mass is 16.4. The minimum atomic E-state index is -0.919. The Kier molecular flexibility index (Phi) is 4.12. The lowest BCUT2D eigenvalue weighted by atomic mass is 10.0. The van der Waals surface area contributed by atoms with Gasteiger partial charge in [-0.25, -0.2) is 0 Å². The molecule has 2 aromatic carbocycles. The lowest BCUT2D eigenvalue weighted by molar-refractivity contribution is -0.136. The van der Waals surface area contributed by atoms with Gasteiger partial charge < -0.3 is 14.7 Å². The fourth-order valence-electron chi connectivity index (χ4n) is 3.37. The second-order valence-electron chi connectivity index (χ2n) is 6.50. The molecule has 0 aliphatic rings. The third-order valence-corrected chi connectivity index (χ3v) is 4.83. The zero-order valence-electron chi connectivity index (χ0n) is 14.8. The molecule has 4 rings (SSSR count). The fraction of sp³-hybridized carbons (Fsp3) is 0.0909. The van der Waals surface area contributed by atoms with E-state index in [1.807, 2.05) is 30.5 Å². The van der Waals surface area contributed by atoms with Crippen LogP contribution in [-0.2, 0) is 18.3 Å². The van der Waals surface area contributed by atoms with Gasteiger partial charge in [-0.2, -0.15) is 0 Å². The SMILES string of the molecule is Cn1c(CC(=O)O)ccc1C(=O)c1ccc(-c2[nH]cc3ccccc23)cc1. The number of H-pyrrole nitrogens is 1. The number of nitrogens with one attached hydrogen (secondary N) is 1. The maximum atomic E-state index is 12.8. The van der Waals surface area contributed by atoms with Crippen LogP contribution in [0.1, 0.15) is 21.7 Å². The summed E-state index contributed by atoms with van der Waals surface area (Å²) >= 11 is 0. The van der Waals surface area contributed by atoms with Crippen molar-refractivity contribution in [2.45, 2.75) is 6.42 Å². The second kappa shape index (κ2) is 6.61. The summed E-state index contributed by atoms with van der Waals surface area (Å²) in [6, 6.07) is 18.9. The first-order valence-corrected chi connectivity index (χ1v) is 8.62. The number of rotatable bonds is 5. The molecule has 27 heavy (non-hydrogen) atoms. The summed E-state index contributed by atoms with van der Waals surface area (Å²) in [7, 11) is 1.71. The van der Waals surface area contributed by atoms with Crippen LogP contribution in [0, 0.1) is 0 Å². The summed E-state index contributed by atoms with van der Waals surface area (Å²) in [6.45, 7) is 0. The highest BCUT2D eigenvalue weighted by Gasteiger charge is 2.16. The van der Waals surface area contributed by atoms with Crippen LogP contribution in [0.2, 0.25) is 0 Å². The minimum Gasteiger partial charge on any atom is -0.481 e. The van der Waals surface area contributed by atoms with Crippen LogP contribution in [-0.4, -0.2) is 26.4 Å². The lowest BCUT2D eigenvalue weighted by Gasteiger charge is -2.07. The monoisotopic (exact) mass is 358 g/mol. The number of ketones is 1. The molecule has 0 radical (unpaired) electrons. The average Bonchev–Trinajstić information content (AvgIpc) is 3.25. The lowest BCUT2D eigenvalue weighted by Crippen LogP contribution is -2.11. The normalized spacial score (nSPS) is 11.0. The number of carboxylic acid groups (broad SMARTS) is 1. The molecule has 0 aliphatic carbocycles. The Bertz CT molecular complexity index is 1150. The molecule has 0 saturated carbocycles. The van der Waals surface area contributed by atoms with Gasteiger partial charge in [0.05, 0.1) is 17.8 Å². The number of aromatic amines is 1. The quantitative estimate of drug-likeness (QED) is 0.529. The number of fused-ring (bicyclic) bond motifs is 1. The highest BCUT2D eigenvalue weighted by Crippen LogP contribution is 2.28. The van der Waals surface area contributed by atoms with Gasteiger partial charge in [-0.05, 0) is 23.1 Å². The molecular formula is C22H18N2O3. The van der Waals surface area contributed by atoms with Crippen molar-refractivity contribution < 1.29 is 14.7 Å². The van der Waals surface area contributed by atoms with E-state index < -0.39 is 5.97 Å². The number of aliphatic carboxylic acids is 1. The van der Waals surface area contributed by atoms with Crippen molar-refractivity contribution in [3.63, 3.8) is 0 Å². The van der Waals surface area contributed by atoms with E-state index in [0.717, 1.165) is 22.0 Å². The van der Waals surface area contributed by atoms with Gasteiger partial charge in [0.15, 0.2) is 0 Å². The van der Waals surface area contributed by atoms with Crippen molar-refractivity contribution in [2.75, 3.05) is 0 Å². The molecule has 2 heterocycles. The number of carbonyl (C=O) groups is 2. The number of nitrogens with zero attached hydrogens (tertiary/aromatic N) is 1. The molecule has 0 amide bonds. The number of carboxylic acids is 1. The van der Waals surface area contributed by atoms with Crippen molar-refractivity contribution in [3.05, 3.63) is 83.8 Å².